The maximum absolute atomic E-state index is 12.5. The number of carbonyl (C=O) groups is 3. The molecule has 2 saturated heterocycles. The summed E-state index contributed by atoms with van der Waals surface area (Å²) in [5, 5.41) is 13.8. The summed E-state index contributed by atoms with van der Waals surface area (Å²) in [6.45, 7) is 3.31. The van der Waals surface area contributed by atoms with E-state index >= 15 is 0 Å². The summed E-state index contributed by atoms with van der Waals surface area (Å²) < 4.78 is 0. The number of fused-ring (bicyclic) bond motifs is 1. The summed E-state index contributed by atoms with van der Waals surface area (Å²) in [6, 6.07) is 3.83. The molecule has 1 aromatic heterocycles. The summed E-state index contributed by atoms with van der Waals surface area (Å²) in [7, 11) is 0. The van der Waals surface area contributed by atoms with Crippen molar-refractivity contribution in [1.29, 1.82) is 0 Å². The van der Waals surface area contributed by atoms with Crippen LogP contribution in [0.2, 0.25) is 0 Å². The molecular weight excluding hydrogens is 336 g/mol. The second-order valence-corrected chi connectivity index (χ2v) is 8.09. The van der Waals surface area contributed by atoms with Crippen molar-refractivity contribution in [2.75, 3.05) is 6.54 Å². The quantitative estimate of drug-likeness (QED) is 0.804. The van der Waals surface area contributed by atoms with Crippen molar-refractivity contribution in [3.05, 3.63) is 22.4 Å². The number of aliphatic carboxylic acids is 1. The van der Waals surface area contributed by atoms with Crippen molar-refractivity contribution in [3.63, 3.8) is 0 Å². The van der Waals surface area contributed by atoms with E-state index in [0.29, 0.717) is 6.42 Å². The summed E-state index contributed by atoms with van der Waals surface area (Å²) in [5.74, 6) is -1.49. The lowest BCUT2D eigenvalue weighted by Gasteiger charge is -2.56. The van der Waals surface area contributed by atoms with Gasteiger partial charge in [0, 0.05) is 18.3 Å². The molecule has 2 fully saturated rings. The second-order valence-electron chi connectivity index (χ2n) is 5.88. The van der Waals surface area contributed by atoms with Gasteiger partial charge in [-0.1, -0.05) is 13.0 Å². The van der Waals surface area contributed by atoms with Crippen LogP contribution in [0.15, 0.2) is 17.5 Å². The van der Waals surface area contributed by atoms with Gasteiger partial charge in [-0.2, -0.15) is 0 Å². The number of nitrogens with zero attached hydrogens (tertiary/aromatic N) is 1. The lowest BCUT2D eigenvalue weighted by atomic mass is 9.81. The van der Waals surface area contributed by atoms with Gasteiger partial charge in [0.05, 0.1) is 10.7 Å². The number of carboxylic acid groups (broad SMARTS) is 1. The third kappa shape index (κ3) is 2.44. The monoisotopic (exact) mass is 354 g/mol. The maximum Gasteiger partial charge on any atom is 0.314 e. The summed E-state index contributed by atoms with van der Waals surface area (Å²) >= 11 is 2.91. The van der Waals surface area contributed by atoms with E-state index in [0.717, 1.165) is 4.88 Å². The predicted molar refractivity (Wildman–Crippen MR) is 88.1 cm³/mol. The Morgan fingerprint density at radius 3 is 2.78 bits per heavy atom. The first-order valence-corrected chi connectivity index (χ1v) is 9.23. The summed E-state index contributed by atoms with van der Waals surface area (Å²) in [4.78, 5) is 38.5. The summed E-state index contributed by atoms with van der Waals surface area (Å²) in [5.41, 5.74) is -1.15. The molecule has 3 rings (SSSR count). The van der Waals surface area contributed by atoms with Gasteiger partial charge in [0.25, 0.3) is 0 Å². The third-order valence-electron chi connectivity index (χ3n) is 4.61. The molecule has 23 heavy (non-hydrogen) atoms. The fourth-order valence-electron chi connectivity index (χ4n) is 3.22. The van der Waals surface area contributed by atoms with Gasteiger partial charge in [0.15, 0.2) is 0 Å². The Kier molecular flexibility index (Phi) is 4.14. The first kappa shape index (κ1) is 16.3. The zero-order valence-electron chi connectivity index (χ0n) is 12.8. The van der Waals surface area contributed by atoms with Gasteiger partial charge in [-0.25, -0.2) is 0 Å². The smallest absolute Gasteiger partial charge is 0.314 e. The molecule has 0 bridgehead atoms. The van der Waals surface area contributed by atoms with Crippen LogP contribution >= 0.6 is 23.1 Å². The molecule has 0 aromatic carbocycles. The Balaban J connectivity index is 1.91. The fraction of sp³-hybridized carbons (Fsp3) is 0.533. The lowest BCUT2D eigenvalue weighted by Crippen LogP contribution is -2.69. The average molecular weight is 354 g/mol. The molecule has 124 valence electrons. The zero-order valence-corrected chi connectivity index (χ0v) is 14.4. The van der Waals surface area contributed by atoms with Gasteiger partial charge < -0.3 is 15.3 Å². The van der Waals surface area contributed by atoms with E-state index in [2.05, 4.69) is 5.32 Å². The van der Waals surface area contributed by atoms with Crippen molar-refractivity contribution in [2.45, 2.75) is 36.9 Å². The molecule has 1 aromatic rings. The highest BCUT2D eigenvalue weighted by Gasteiger charge is 2.61. The number of hydrogen-bond acceptors (Lipinski definition) is 5. The molecular formula is C15H18N2O4S2. The van der Waals surface area contributed by atoms with Crippen molar-refractivity contribution >= 4 is 40.9 Å². The first-order valence-electron chi connectivity index (χ1n) is 7.40. The largest absolute Gasteiger partial charge is 0.481 e. The second kappa shape index (κ2) is 5.83. The van der Waals surface area contributed by atoms with Gasteiger partial charge in [0.1, 0.15) is 11.3 Å². The SMILES string of the molecule is CCC1(C(=O)O)CN2C(=O)C(c3cccs3)[C@H]2SC1NC(C)=O. The number of β-lactam (4-membered cyclic amide) rings is 1. The molecule has 2 aliphatic heterocycles. The van der Waals surface area contributed by atoms with Crippen molar-refractivity contribution in [3.8, 4) is 0 Å². The molecule has 0 saturated carbocycles. The fourth-order valence-corrected chi connectivity index (χ4v) is 6.01. The zero-order chi connectivity index (χ0) is 16.8. The van der Waals surface area contributed by atoms with Crippen LogP contribution in [0.25, 0.3) is 0 Å². The van der Waals surface area contributed by atoms with Crippen molar-refractivity contribution in [2.24, 2.45) is 5.41 Å². The minimum atomic E-state index is -1.15. The third-order valence-corrected chi connectivity index (χ3v) is 7.21. The van der Waals surface area contributed by atoms with Crippen LogP contribution in [-0.4, -0.2) is 45.1 Å². The van der Waals surface area contributed by atoms with E-state index in [9.17, 15) is 19.5 Å². The predicted octanol–water partition coefficient (Wildman–Crippen LogP) is 1.69. The average Bonchev–Trinajstić information content (AvgIpc) is 3.00. The van der Waals surface area contributed by atoms with Crippen LogP contribution in [0.5, 0.6) is 0 Å². The molecule has 2 N–H and O–H groups in total. The normalized spacial score (nSPS) is 32.9. The number of hydrogen-bond donors (Lipinski definition) is 2. The number of carboxylic acids is 1. The van der Waals surface area contributed by atoms with Crippen LogP contribution in [0.1, 0.15) is 31.1 Å². The number of carbonyl (C=O) groups excluding carboxylic acids is 2. The molecule has 8 heteroatoms. The number of thiophene rings is 1. The van der Waals surface area contributed by atoms with Crippen LogP contribution in [0.4, 0.5) is 0 Å². The molecule has 4 atom stereocenters. The summed E-state index contributed by atoms with van der Waals surface area (Å²) in [6.07, 6.45) is 0.348. The minimum Gasteiger partial charge on any atom is -0.481 e. The Hall–Kier alpha value is -1.54. The highest BCUT2D eigenvalue weighted by molar-refractivity contribution is 8.00. The number of nitrogens with one attached hydrogen (secondary N) is 1. The van der Waals surface area contributed by atoms with E-state index < -0.39 is 16.8 Å². The van der Waals surface area contributed by atoms with E-state index in [-0.39, 0.29) is 29.7 Å². The van der Waals surface area contributed by atoms with Crippen molar-refractivity contribution in [1.82, 2.24) is 10.2 Å². The van der Waals surface area contributed by atoms with Crippen LogP contribution in [0.3, 0.4) is 0 Å². The Morgan fingerprint density at radius 2 is 2.26 bits per heavy atom. The Morgan fingerprint density at radius 1 is 1.52 bits per heavy atom. The highest BCUT2D eigenvalue weighted by atomic mass is 32.2. The molecule has 3 heterocycles. The molecule has 2 aliphatic rings. The molecule has 0 spiro atoms. The van der Waals surface area contributed by atoms with E-state index in [1.807, 2.05) is 17.5 Å². The van der Waals surface area contributed by atoms with Gasteiger partial charge in [0.2, 0.25) is 11.8 Å². The first-order chi connectivity index (χ1) is 10.9. The minimum absolute atomic E-state index is 0.0229. The van der Waals surface area contributed by atoms with E-state index in [1.54, 1.807) is 11.8 Å². The van der Waals surface area contributed by atoms with Gasteiger partial charge in [-0.15, -0.1) is 23.1 Å². The highest BCUT2D eigenvalue weighted by Crippen LogP contribution is 2.53. The molecule has 3 unspecified atom stereocenters. The maximum atomic E-state index is 12.5. The lowest BCUT2D eigenvalue weighted by molar-refractivity contribution is -0.159. The Bertz CT molecular complexity index is 648. The number of amides is 2. The van der Waals surface area contributed by atoms with Crippen LogP contribution in [-0.2, 0) is 14.4 Å². The molecule has 0 aliphatic carbocycles. The van der Waals surface area contributed by atoms with Crippen LogP contribution in [0, 0.1) is 5.41 Å². The molecule has 6 nitrogen and oxygen atoms in total. The molecule has 0 radical (unpaired) electrons. The van der Waals surface area contributed by atoms with E-state index in [1.165, 1.54) is 30.0 Å². The van der Waals surface area contributed by atoms with Crippen molar-refractivity contribution < 1.29 is 19.5 Å². The van der Waals surface area contributed by atoms with E-state index in [4.69, 9.17) is 0 Å². The Labute approximate surface area is 142 Å². The number of thioether (sulfide) groups is 1. The number of rotatable bonds is 4. The standard InChI is InChI=1S/C15H18N2O4S2/c1-3-15(14(20)21)7-17-11(19)10(9-5-4-6-22-9)12(17)23-13(15)16-8(2)18/h4-6,10,12-13H,3,7H2,1-2H3,(H,16,18)(H,20,21)/t10?,12-,13?,15?/m1/s1. The van der Waals surface area contributed by atoms with Crippen LogP contribution < -0.4 is 5.32 Å². The van der Waals surface area contributed by atoms with Gasteiger partial charge in [-0.3, -0.25) is 14.4 Å². The van der Waals surface area contributed by atoms with Gasteiger partial charge >= 0.3 is 5.97 Å². The van der Waals surface area contributed by atoms with Gasteiger partial charge in [-0.05, 0) is 17.9 Å². The topological polar surface area (TPSA) is 86.7 Å². The molecule has 2 amide bonds.